The molecule has 0 aromatic rings. The molecular weight excluding hydrogens is 314 g/mol. The number of hydrogen-bond acceptors (Lipinski definition) is 5. The van der Waals surface area contributed by atoms with E-state index in [0.717, 1.165) is 6.16 Å². The number of hydrogen-bond donors (Lipinski definition) is 1. The van der Waals surface area contributed by atoms with Gasteiger partial charge in [0.2, 0.25) is 0 Å². The molecule has 0 aliphatic carbocycles. The second-order valence-electron chi connectivity index (χ2n) is 6.82. The summed E-state index contributed by atoms with van der Waals surface area (Å²) in [6.07, 6.45) is 1.44. The molecule has 0 fully saturated rings. The van der Waals surface area contributed by atoms with Crippen LogP contribution in [0.4, 0.5) is 0 Å². The predicted octanol–water partition coefficient (Wildman–Crippen LogP) is 2.74. The maximum atomic E-state index is 11.7. The summed E-state index contributed by atoms with van der Waals surface area (Å²) < 4.78 is 26.2. The zero-order chi connectivity index (χ0) is 16.7. The summed E-state index contributed by atoms with van der Waals surface area (Å²) in [5.41, 5.74) is -0.559. The summed E-state index contributed by atoms with van der Waals surface area (Å²) in [6, 6.07) is 0. The molecule has 1 unspecified atom stereocenters. The number of rotatable bonds is 10. The van der Waals surface area contributed by atoms with Crippen molar-refractivity contribution in [2.45, 2.75) is 27.2 Å². The first-order valence-corrected chi connectivity index (χ1v) is 12.4. The van der Waals surface area contributed by atoms with E-state index in [2.05, 4.69) is 20.0 Å². The Bertz CT molecular complexity index is 375. The maximum absolute atomic E-state index is 11.7. The standard InChI is InChI=1S/C13H30O6P2/c1-7-13(2,3)12(14)17-8-9-18-21(15,16)19-10-11-20(4,5)6/h20H,7-11H2,1-6H3,(H,15,16). The molecule has 0 aromatic heterocycles. The van der Waals surface area contributed by atoms with Gasteiger partial charge in [-0.3, -0.25) is 0 Å². The van der Waals surface area contributed by atoms with E-state index in [9.17, 15) is 14.3 Å². The average Bonchev–Trinajstić information content (AvgIpc) is 2.32. The fraction of sp³-hybridized carbons (Fsp3) is 0.923. The van der Waals surface area contributed by atoms with Crippen molar-refractivity contribution in [2.24, 2.45) is 5.41 Å². The van der Waals surface area contributed by atoms with Gasteiger partial charge in [0.25, 0.3) is 0 Å². The molecule has 0 bridgehead atoms. The van der Waals surface area contributed by atoms with Crippen LogP contribution in [0.3, 0.4) is 0 Å². The Labute approximate surface area is 128 Å². The molecule has 21 heavy (non-hydrogen) atoms. The van der Waals surface area contributed by atoms with Gasteiger partial charge in [0.05, 0.1) is 0 Å². The quantitative estimate of drug-likeness (QED) is 0.373. The van der Waals surface area contributed by atoms with Crippen LogP contribution in [0.15, 0.2) is 0 Å². The fourth-order valence-electron chi connectivity index (χ4n) is 1.13. The van der Waals surface area contributed by atoms with Gasteiger partial charge < -0.3 is 0 Å². The van der Waals surface area contributed by atoms with Gasteiger partial charge in [-0.05, 0) is 0 Å². The number of carbonyl (C=O) groups excluding carboxylic acids is 1. The molecule has 0 saturated heterocycles. The minimum atomic E-state index is -4.06. The number of carbonyl (C=O) groups is 1. The number of phosphoric acid groups is 1. The molecule has 6 nitrogen and oxygen atoms in total. The van der Waals surface area contributed by atoms with E-state index in [0.29, 0.717) is 6.42 Å². The Kier molecular flexibility index (Phi) is 8.60. The van der Waals surface area contributed by atoms with E-state index in [4.69, 9.17) is 13.8 Å². The molecule has 0 spiro atoms. The molecule has 128 valence electrons. The van der Waals surface area contributed by atoms with Crippen LogP contribution >= 0.6 is 15.1 Å². The third-order valence-electron chi connectivity index (χ3n) is 3.11. The van der Waals surface area contributed by atoms with Crippen LogP contribution in [0.1, 0.15) is 27.2 Å². The van der Waals surface area contributed by atoms with Crippen LogP contribution < -0.4 is 0 Å². The first-order valence-electron chi connectivity index (χ1n) is 7.19. The van der Waals surface area contributed by atoms with Crippen LogP contribution in [0.2, 0.25) is 0 Å². The molecule has 1 N–H and O–H groups in total. The molecule has 0 aliphatic heterocycles. The number of esters is 1. The van der Waals surface area contributed by atoms with Crippen LogP contribution in [0.5, 0.6) is 0 Å². The van der Waals surface area contributed by atoms with E-state index in [1.54, 1.807) is 13.8 Å². The first-order chi connectivity index (χ1) is 9.40. The van der Waals surface area contributed by atoms with Crippen molar-refractivity contribution in [3.8, 4) is 0 Å². The molecule has 0 amide bonds. The Balaban J connectivity index is 3.95. The average molecular weight is 344 g/mol. The topological polar surface area (TPSA) is 82.1 Å². The zero-order valence-corrected chi connectivity index (χ0v) is 15.9. The third kappa shape index (κ3) is 10.4. The van der Waals surface area contributed by atoms with Gasteiger partial charge >= 0.3 is 128 Å². The fourth-order valence-corrected chi connectivity index (χ4v) is 2.72. The van der Waals surface area contributed by atoms with Gasteiger partial charge in [0, 0.05) is 0 Å². The molecular formula is C13H30O6P2. The van der Waals surface area contributed by atoms with Crippen LogP contribution in [0.25, 0.3) is 0 Å². The van der Waals surface area contributed by atoms with Crippen molar-refractivity contribution in [2.75, 3.05) is 46.0 Å². The van der Waals surface area contributed by atoms with Crippen LogP contribution in [-0.2, 0) is 23.1 Å². The summed E-state index contributed by atoms with van der Waals surface area (Å²) in [5, 5.41) is 0. The normalized spacial score (nSPS) is 16.3. The van der Waals surface area contributed by atoms with Crippen molar-refractivity contribution in [3.05, 3.63) is 0 Å². The predicted molar refractivity (Wildman–Crippen MR) is 87.7 cm³/mol. The molecule has 0 aromatic carbocycles. The molecule has 0 radical (unpaired) electrons. The summed E-state index contributed by atoms with van der Waals surface area (Å²) in [4.78, 5) is 21.1. The van der Waals surface area contributed by atoms with Crippen LogP contribution in [-0.4, -0.2) is 56.8 Å². The third-order valence-corrected chi connectivity index (χ3v) is 5.84. The first kappa shape index (κ1) is 21.0. The molecule has 1 atom stereocenters. The Hall–Kier alpha value is 0.01000. The molecule has 0 rings (SSSR count). The van der Waals surface area contributed by atoms with Crippen molar-refractivity contribution in [1.29, 1.82) is 0 Å². The molecule has 0 heterocycles. The Morgan fingerprint density at radius 1 is 1.14 bits per heavy atom. The minimum absolute atomic E-state index is 0.0653. The van der Waals surface area contributed by atoms with Crippen molar-refractivity contribution >= 4 is 21.1 Å². The molecule has 8 heteroatoms. The Morgan fingerprint density at radius 3 is 2.14 bits per heavy atom. The van der Waals surface area contributed by atoms with E-state index < -0.39 is 20.5 Å². The second-order valence-corrected chi connectivity index (χ2v) is 13.9. The van der Waals surface area contributed by atoms with Gasteiger partial charge in [-0.2, -0.15) is 0 Å². The molecule has 0 saturated carbocycles. The summed E-state index contributed by atoms with van der Waals surface area (Å²) in [6.45, 7) is 11.9. The van der Waals surface area contributed by atoms with E-state index >= 15 is 0 Å². The van der Waals surface area contributed by atoms with E-state index in [-0.39, 0.29) is 25.8 Å². The van der Waals surface area contributed by atoms with Gasteiger partial charge in [-0.1, -0.05) is 0 Å². The summed E-state index contributed by atoms with van der Waals surface area (Å²) in [5.74, 6) is -0.346. The monoisotopic (exact) mass is 344 g/mol. The number of phosphoric ester groups is 1. The van der Waals surface area contributed by atoms with Crippen molar-refractivity contribution in [1.82, 2.24) is 0 Å². The summed E-state index contributed by atoms with van der Waals surface area (Å²) in [7, 11) is -5.37. The van der Waals surface area contributed by atoms with Crippen molar-refractivity contribution < 1.29 is 28.0 Å². The number of ether oxygens (including phenoxy) is 1. The SMILES string of the molecule is CCC(C)(C)C(=O)OCCOP(=O)(O)OCC[PH](C)(C)C. The van der Waals surface area contributed by atoms with Crippen LogP contribution in [0, 0.1) is 5.41 Å². The van der Waals surface area contributed by atoms with Gasteiger partial charge in [0.1, 0.15) is 0 Å². The van der Waals surface area contributed by atoms with E-state index in [1.165, 1.54) is 0 Å². The van der Waals surface area contributed by atoms with Gasteiger partial charge in [-0.15, -0.1) is 0 Å². The van der Waals surface area contributed by atoms with Gasteiger partial charge in [-0.25, -0.2) is 0 Å². The summed E-state index contributed by atoms with van der Waals surface area (Å²) >= 11 is 0. The van der Waals surface area contributed by atoms with Gasteiger partial charge in [0.15, 0.2) is 0 Å². The second kappa shape index (κ2) is 8.59. The van der Waals surface area contributed by atoms with E-state index in [1.807, 2.05) is 6.92 Å². The zero-order valence-electron chi connectivity index (χ0n) is 14.0. The van der Waals surface area contributed by atoms with Crippen molar-refractivity contribution in [3.63, 3.8) is 0 Å². The molecule has 0 aliphatic rings. The Morgan fingerprint density at radius 2 is 1.67 bits per heavy atom.